The number of hydrogen-bond acceptors (Lipinski definition) is 4. The molecule has 5 heteroatoms. The van der Waals surface area contributed by atoms with Crippen molar-refractivity contribution < 1.29 is 19.1 Å². The minimum atomic E-state index is -0.487. The molecule has 18 heavy (non-hydrogen) atoms. The van der Waals surface area contributed by atoms with Crippen LogP contribution in [0.1, 0.15) is 32.6 Å². The van der Waals surface area contributed by atoms with E-state index in [0.717, 1.165) is 19.3 Å². The summed E-state index contributed by atoms with van der Waals surface area (Å²) in [5.41, 5.74) is 0. The van der Waals surface area contributed by atoms with Gasteiger partial charge in [-0.2, -0.15) is 0 Å². The molecule has 1 aliphatic heterocycles. The normalized spacial score (nSPS) is 18.5. The van der Waals surface area contributed by atoms with Gasteiger partial charge in [-0.25, -0.2) is 9.59 Å². The Bertz CT molecular complexity index is 303. The topological polar surface area (TPSA) is 55.8 Å². The second-order valence-corrected chi connectivity index (χ2v) is 4.24. The minimum absolute atomic E-state index is 0.160. The van der Waals surface area contributed by atoms with Crippen molar-refractivity contribution in [2.75, 3.05) is 19.8 Å². The molecule has 0 aliphatic carbocycles. The molecule has 5 nitrogen and oxygen atoms in total. The third-order valence-electron chi connectivity index (χ3n) is 2.83. The second-order valence-electron chi connectivity index (χ2n) is 4.24. The van der Waals surface area contributed by atoms with Gasteiger partial charge in [-0.1, -0.05) is 26.0 Å². The van der Waals surface area contributed by atoms with Crippen LogP contribution in [-0.2, 0) is 14.3 Å². The Labute approximate surface area is 108 Å². The summed E-state index contributed by atoms with van der Waals surface area (Å²) in [5.74, 6) is -0.323. The van der Waals surface area contributed by atoms with Crippen LogP contribution in [0.5, 0.6) is 0 Å². The number of rotatable bonds is 6. The molecule has 0 saturated carbocycles. The van der Waals surface area contributed by atoms with Crippen LogP contribution >= 0.6 is 0 Å². The van der Waals surface area contributed by atoms with Gasteiger partial charge in [0.05, 0.1) is 6.61 Å². The first kappa shape index (κ1) is 14.5. The van der Waals surface area contributed by atoms with Gasteiger partial charge < -0.3 is 9.47 Å². The Morgan fingerprint density at radius 2 is 2.22 bits per heavy atom. The van der Waals surface area contributed by atoms with Crippen molar-refractivity contribution in [3.63, 3.8) is 0 Å². The molecule has 0 spiro atoms. The number of esters is 1. The third-order valence-corrected chi connectivity index (χ3v) is 2.83. The molecule has 0 aromatic carbocycles. The standard InChI is InChI=1S/C13H21NO4/c1-3-5-10-17-12(15)11-7-6-8-14(11)13(16)18-9-4-2/h4,11H,2-3,5-10H2,1H3. The number of unbranched alkanes of at least 4 members (excludes halogenated alkanes) is 1. The van der Waals surface area contributed by atoms with E-state index in [9.17, 15) is 9.59 Å². The first-order valence-electron chi connectivity index (χ1n) is 6.41. The van der Waals surface area contributed by atoms with E-state index in [1.54, 1.807) is 0 Å². The van der Waals surface area contributed by atoms with E-state index < -0.39 is 12.1 Å². The maximum absolute atomic E-state index is 11.8. The van der Waals surface area contributed by atoms with E-state index in [1.165, 1.54) is 11.0 Å². The first-order valence-corrected chi connectivity index (χ1v) is 6.41. The van der Waals surface area contributed by atoms with Gasteiger partial charge in [-0.3, -0.25) is 4.90 Å². The average Bonchev–Trinajstić information content (AvgIpc) is 2.85. The lowest BCUT2D eigenvalue weighted by Crippen LogP contribution is -2.41. The van der Waals surface area contributed by atoms with E-state index in [2.05, 4.69) is 6.58 Å². The van der Waals surface area contributed by atoms with Crippen molar-refractivity contribution in [1.82, 2.24) is 4.90 Å². The lowest BCUT2D eigenvalue weighted by molar-refractivity contribution is -0.148. The summed E-state index contributed by atoms with van der Waals surface area (Å²) in [6.07, 6.45) is 4.31. The molecule has 0 N–H and O–H groups in total. The van der Waals surface area contributed by atoms with Crippen molar-refractivity contribution >= 4 is 12.1 Å². The van der Waals surface area contributed by atoms with Gasteiger partial charge in [0.2, 0.25) is 0 Å². The molecule has 1 saturated heterocycles. The minimum Gasteiger partial charge on any atom is -0.464 e. The summed E-state index contributed by atoms with van der Waals surface area (Å²) in [5, 5.41) is 0. The fourth-order valence-corrected chi connectivity index (χ4v) is 1.86. The van der Waals surface area contributed by atoms with Crippen molar-refractivity contribution in [3.05, 3.63) is 12.7 Å². The summed E-state index contributed by atoms with van der Waals surface area (Å²) in [6.45, 7) is 6.63. The molecule has 1 rings (SSSR count). The van der Waals surface area contributed by atoms with E-state index in [4.69, 9.17) is 9.47 Å². The Morgan fingerprint density at radius 1 is 1.44 bits per heavy atom. The first-order chi connectivity index (χ1) is 8.70. The average molecular weight is 255 g/mol. The number of hydrogen-bond donors (Lipinski definition) is 0. The van der Waals surface area contributed by atoms with Gasteiger partial charge in [0.1, 0.15) is 12.6 Å². The molecule has 1 heterocycles. The lowest BCUT2D eigenvalue weighted by atomic mass is 10.2. The molecular formula is C13H21NO4. The summed E-state index contributed by atoms with van der Waals surface area (Å²) in [4.78, 5) is 25.0. The van der Waals surface area contributed by atoms with E-state index in [1.807, 2.05) is 6.92 Å². The zero-order valence-electron chi connectivity index (χ0n) is 10.9. The highest BCUT2D eigenvalue weighted by Crippen LogP contribution is 2.19. The van der Waals surface area contributed by atoms with Gasteiger partial charge >= 0.3 is 12.1 Å². The number of carbonyl (C=O) groups is 2. The van der Waals surface area contributed by atoms with Gasteiger partial charge in [-0.15, -0.1) is 0 Å². The largest absolute Gasteiger partial charge is 0.464 e. The van der Waals surface area contributed by atoms with Gasteiger partial charge in [0.15, 0.2) is 0 Å². The zero-order valence-corrected chi connectivity index (χ0v) is 10.9. The Hall–Kier alpha value is -1.52. The smallest absolute Gasteiger partial charge is 0.410 e. The molecule has 0 aromatic heterocycles. The predicted molar refractivity (Wildman–Crippen MR) is 67.1 cm³/mol. The Morgan fingerprint density at radius 3 is 2.89 bits per heavy atom. The van der Waals surface area contributed by atoms with Crippen LogP contribution in [0.3, 0.4) is 0 Å². The van der Waals surface area contributed by atoms with Crippen molar-refractivity contribution in [3.8, 4) is 0 Å². The maximum Gasteiger partial charge on any atom is 0.410 e. The van der Waals surface area contributed by atoms with Crippen LogP contribution in [0, 0.1) is 0 Å². The maximum atomic E-state index is 11.8. The fraction of sp³-hybridized carbons (Fsp3) is 0.692. The summed E-state index contributed by atoms with van der Waals surface area (Å²) < 4.78 is 10.1. The molecule has 0 radical (unpaired) electrons. The third kappa shape index (κ3) is 4.05. The molecule has 0 bridgehead atoms. The molecule has 1 amide bonds. The molecular weight excluding hydrogens is 234 g/mol. The number of amides is 1. The highest BCUT2D eigenvalue weighted by atomic mass is 16.6. The van der Waals surface area contributed by atoms with Crippen molar-refractivity contribution in [1.29, 1.82) is 0 Å². The van der Waals surface area contributed by atoms with Crippen LogP contribution in [0.25, 0.3) is 0 Å². The molecule has 102 valence electrons. The second kappa shape index (κ2) is 7.74. The van der Waals surface area contributed by atoms with E-state index in [-0.39, 0.29) is 12.6 Å². The highest BCUT2D eigenvalue weighted by molar-refractivity contribution is 5.82. The Balaban J connectivity index is 2.45. The van der Waals surface area contributed by atoms with E-state index in [0.29, 0.717) is 19.6 Å². The van der Waals surface area contributed by atoms with Crippen LogP contribution in [0.2, 0.25) is 0 Å². The number of ether oxygens (including phenoxy) is 2. The predicted octanol–water partition coefficient (Wildman–Crippen LogP) is 2.12. The lowest BCUT2D eigenvalue weighted by Gasteiger charge is -2.22. The monoisotopic (exact) mass is 255 g/mol. The SMILES string of the molecule is C=CCOC(=O)N1CCCC1C(=O)OCCCC. The van der Waals surface area contributed by atoms with Crippen LogP contribution in [0.15, 0.2) is 12.7 Å². The number of nitrogens with zero attached hydrogens (tertiary/aromatic N) is 1. The molecule has 1 aliphatic rings. The van der Waals surface area contributed by atoms with Crippen molar-refractivity contribution in [2.24, 2.45) is 0 Å². The van der Waals surface area contributed by atoms with Crippen LogP contribution < -0.4 is 0 Å². The summed E-state index contributed by atoms with van der Waals surface area (Å²) in [7, 11) is 0. The van der Waals surface area contributed by atoms with Gasteiger partial charge in [-0.05, 0) is 19.3 Å². The summed E-state index contributed by atoms with van der Waals surface area (Å²) in [6, 6.07) is -0.487. The number of likely N-dealkylation sites (tertiary alicyclic amines) is 1. The quantitative estimate of drug-likeness (QED) is 0.414. The number of carbonyl (C=O) groups excluding carboxylic acids is 2. The van der Waals surface area contributed by atoms with E-state index >= 15 is 0 Å². The van der Waals surface area contributed by atoms with Gasteiger partial charge in [0.25, 0.3) is 0 Å². The molecule has 1 fully saturated rings. The van der Waals surface area contributed by atoms with Gasteiger partial charge in [0, 0.05) is 6.54 Å². The fourth-order valence-electron chi connectivity index (χ4n) is 1.86. The zero-order chi connectivity index (χ0) is 13.4. The molecule has 1 unspecified atom stereocenters. The molecule has 0 aromatic rings. The van der Waals surface area contributed by atoms with Crippen LogP contribution in [0.4, 0.5) is 4.79 Å². The highest BCUT2D eigenvalue weighted by Gasteiger charge is 2.36. The van der Waals surface area contributed by atoms with Crippen molar-refractivity contribution in [2.45, 2.75) is 38.6 Å². The summed E-state index contributed by atoms with van der Waals surface area (Å²) >= 11 is 0. The Kier molecular flexibility index (Phi) is 6.25. The molecule has 1 atom stereocenters. The van der Waals surface area contributed by atoms with Crippen LogP contribution in [-0.4, -0.2) is 42.8 Å².